The summed E-state index contributed by atoms with van der Waals surface area (Å²) in [6.07, 6.45) is 3.22. The van der Waals surface area contributed by atoms with Gasteiger partial charge in [0, 0.05) is 31.1 Å². The zero-order chi connectivity index (χ0) is 18.0. The molecular formula is C17H24ClN3O2S. The minimum absolute atomic E-state index is 0.158. The quantitative estimate of drug-likeness (QED) is 0.814. The standard InChI is InChI=1S/C17H24ClN3O2S/c1-13-14(9-19-11-17(2,3)12-24(4,22)23)10-21(20-13)16-8-6-5-7-15(16)18/h5-8,10,19H,9,11-12H2,1-4H3. The Labute approximate surface area is 148 Å². The second-order valence-electron chi connectivity index (χ2n) is 6.97. The third-order valence-electron chi connectivity index (χ3n) is 3.67. The van der Waals surface area contributed by atoms with E-state index in [1.54, 1.807) is 4.68 Å². The van der Waals surface area contributed by atoms with Crippen molar-refractivity contribution in [1.82, 2.24) is 15.1 Å². The molecule has 0 radical (unpaired) electrons. The van der Waals surface area contributed by atoms with Gasteiger partial charge in [0.1, 0.15) is 9.84 Å². The highest BCUT2D eigenvalue weighted by Gasteiger charge is 2.23. The van der Waals surface area contributed by atoms with Crippen LogP contribution in [0.3, 0.4) is 0 Å². The normalized spacial score (nSPS) is 12.5. The summed E-state index contributed by atoms with van der Waals surface area (Å²) in [6, 6.07) is 7.55. The van der Waals surface area contributed by atoms with Gasteiger partial charge in [-0.3, -0.25) is 0 Å². The molecule has 1 N–H and O–H groups in total. The van der Waals surface area contributed by atoms with Crippen LogP contribution in [0.1, 0.15) is 25.1 Å². The molecule has 0 spiro atoms. The number of benzene rings is 1. The van der Waals surface area contributed by atoms with Crippen LogP contribution in [0.2, 0.25) is 5.02 Å². The highest BCUT2D eigenvalue weighted by molar-refractivity contribution is 7.90. The first-order chi connectivity index (χ1) is 11.1. The molecule has 1 aromatic carbocycles. The smallest absolute Gasteiger partial charge is 0.148 e. The van der Waals surface area contributed by atoms with Crippen LogP contribution in [0.15, 0.2) is 30.5 Å². The highest BCUT2D eigenvalue weighted by atomic mass is 35.5. The van der Waals surface area contributed by atoms with Crippen LogP contribution in [-0.2, 0) is 16.4 Å². The molecule has 0 saturated heterocycles. The average Bonchev–Trinajstić information content (AvgIpc) is 2.77. The fourth-order valence-corrected chi connectivity index (χ4v) is 4.47. The first-order valence-electron chi connectivity index (χ1n) is 7.76. The van der Waals surface area contributed by atoms with Gasteiger partial charge in [-0.2, -0.15) is 5.10 Å². The molecular weight excluding hydrogens is 346 g/mol. The van der Waals surface area contributed by atoms with Crippen LogP contribution in [-0.4, -0.2) is 36.8 Å². The van der Waals surface area contributed by atoms with Crippen LogP contribution in [0.25, 0.3) is 5.69 Å². The van der Waals surface area contributed by atoms with Crippen molar-refractivity contribution in [3.05, 3.63) is 46.7 Å². The molecule has 0 atom stereocenters. The van der Waals surface area contributed by atoms with Crippen molar-refractivity contribution < 1.29 is 8.42 Å². The Bertz CT molecular complexity index is 813. The topological polar surface area (TPSA) is 64.0 Å². The van der Waals surface area contributed by atoms with E-state index < -0.39 is 9.84 Å². The van der Waals surface area contributed by atoms with Crippen LogP contribution < -0.4 is 5.32 Å². The first-order valence-corrected chi connectivity index (χ1v) is 10.2. The molecule has 7 heteroatoms. The van der Waals surface area contributed by atoms with Crippen molar-refractivity contribution in [2.45, 2.75) is 27.3 Å². The van der Waals surface area contributed by atoms with E-state index in [1.807, 2.05) is 51.2 Å². The summed E-state index contributed by atoms with van der Waals surface area (Å²) in [5, 5.41) is 8.49. The van der Waals surface area contributed by atoms with Crippen molar-refractivity contribution in [1.29, 1.82) is 0 Å². The van der Waals surface area contributed by atoms with Gasteiger partial charge in [0.25, 0.3) is 0 Å². The Morgan fingerprint density at radius 3 is 2.58 bits per heavy atom. The van der Waals surface area contributed by atoms with Gasteiger partial charge < -0.3 is 5.32 Å². The minimum atomic E-state index is -2.99. The fourth-order valence-electron chi connectivity index (χ4n) is 2.73. The number of para-hydroxylation sites is 1. The molecule has 0 aliphatic rings. The molecule has 1 heterocycles. The molecule has 132 valence electrons. The minimum Gasteiger partial charge on any atom is -0.312 e. The number of aromatic nitrogens is 2. The number of rotatable bonds is 7. The lowest BCUT2D eigenvalue weighted by Gasteiger charge is -2.23. The molecule has 0 aliphatic carbocycles. The maximum atomic E-state index is 11.5. The van der Waals surface area contributed by atoms with Crippen LogP contribution in [0, 0.1) is 12.3 Å². The predicted molar refractivity (Wildman–Crippen MR) is 98.5 cm³/mol. The number of nitrogens with one attached hydrogen (secondary N) is 1. The van der Waals surface area contributed by atoms with E-state index >= 15 is 0 Å². The average molecular weight is 370 g/mol. The summed E-state index contributed by atoms with van der Waals surface area (Å²) in [4.78, 5) is 0. The zero-order valence-electron chi connectivity index (χ0n) is 14.5. The second kappa shape index (κ2) is 7.25. The lowest BCUT2D eigenvalue weighted by Crippen LogP contribution is -2.34. The fraction of sp³-hybridized carbons (Fsp3) is 0.471. The summed E-state index contributed by atoms with van der Waals surface area (Å²) in [6.45, 7) is 7.08. The van der Waals surface area contributed by atoms with Gasteiger partial charge >= 0.3 is 0 Å². The van der Waals surface area contributed by atoms with E-state index in [0.717, 1.165) is 16.9 Å². The first kappa shape index (κ1) is 19.0. The van der Waals surface area contributed by atoms with Gasteiger partial charge in [-0.25, -0.2) is 13.1 Å². The van der Waals surface area contributed by atoms with E-state index in [-0.39, 0.29) is 11.2 Å². The molecule has 2 rings (SSSR count). The summed E-state index contributed by atoms with van der Waals surface area (Å²) in [7, 11) is -2.99. The van der Waals surface area contributed by atoms with Gasteiger partial charge in [0.05, 0.1) is 22.2 Å². The molecule has 0 aliphatic heterocycles. The Hall–Kier alpha value is -1.37. The van der Waals surface area contributed by atoms with E-state index in [9.17, 15) is 8.42 Å². The summed E-state index contributed by atoms with van der Waals surface area (Å²) in [5.74, 6) is 0.158. The number of nitrogens with zero attached hydrogens (tertiary/aromatic N) is 2. The Morgan fingerprint density at radius 1 is 1.29 bits per heavy atom. The van der Waals surface area contributed by atoms with Crippen molar-refractivity contribution in [3.63, 3.8) is 0 Å². The molecule has 5 nitrogen and oxygen atoms in total. The van der Waals surface area contributed by atoms with Gasteiger partial charge in [-0.15, -0.1) is 0 Å². The second-order valence-corrected chi connectivity index (χ2v) is 9.52. The SMILES string of the molecule is Cc1nn(-c2ccccc2Cl)cc1CNCC(C)(C)CS(C)(=O)=O. The van der Waals surface area contributed by atoms with Gasteiger partial charge in [0.15, 0.2) is 0 Å². The Kier molecular flexibility index (Phi) is 5.73. The molecule has 1 aromatic heterocycles. The number of hydrogen-bond acceptors (Lipinski definition) is 4. The summed E-state index contributed by atoms with van der Waals surface area (Å²) >= 11 is 6.21. The lowest BCUT2D eigenvalue weighted by atomic mass is 9.96. The number of sulfone groups is 1. The van der Waals surface area contributed by atoms with Crippen molar-refractivity contribution in [3.8, 4) is 5.69 Å². The number of aryl methyl sites for hydroxylation is 1. The third kappa shape index (κ3) is 5.33. The van der Waals surface area contributed by atoms with Crippen molar-refractivity contribution >= 4 is 21.4 Å². The van der Waals surface area contributed by atoms with Gasteiger partial charge in [0.2, 0.25) is 0 Å². The molecule has 0 amide bonds. The van der Waals surface area contributed by atoms with E-state index in [4.69, 9.17) is 11.6 Å². The monoisotopic (exact) mass is 369 g/mol. The van der Waals surface area contributed by atoms with E-state index in [1.165, 1.54) is 6.26 Å². The summed E-state index contributed by atoms with van der Waals surface area (Å²) < 4.78 is 24.7. The largest absolute Gasteiger partial charge is 0.312 e. The van der Waals surface area contributed by atoms with Crippen molar-refractivity contribution in [2.24, 2.45) is 5.41 Å². The number of halogens is 1. The molecule has 0 fully saturated rings. The van der Waals surface area contributed by atoms with E-state index in [2.05, 4.69) is 10.4 Å². The van der Waals surface area contributed by atoms with Crippen molar-refractivity contribution in [2.75, 3.05) is 18.6 Å². The maximum Gasteiger partial charge on any atom is 0.148 e. The zero-order valence-corrected chi connectivity index (χ0v) is 16.1. The van der Waals surface area contributed by atoms with Crippen LogP contribution in [0.4, 0.5) is 0 Å². The highest BCUT2D eigenvalue weighted by Crippen LogP contribution is 2.21. The Morgan fingerprint density at radius 2 is 1.96 bits per heavy atom. The maximum absolute atomic E-state index is 11.5. The molecule has 2 aromatic rings. The molecule has 0 bridgehead atoms. The van der Waals surface area contributed by atoms with Crippen LogP contribution >= 0.6 is 11.6 Å². The van der Waals surface area contributed by atoms with E-state index in [0.29, 0.717) is 18.1 Å². The summed E-state index contributed by atoms with van der Waals surface area (Å²) in [5.41, 5.74) is 2.50. The van der Waals surface area contributed by atoms with Gasteiger partial charge in [-0.05, 0) is 24.5 Å². The van der Waals surface area contributed by atoms with Gasteiger partial charge in [-0.1, -0.05) is 37.6 Å². The lowest BCUT2D eigenvalue weighted by molar-refractivity contribution is 0.380. The molecule has 24 heavy (non-hydrogen) atoms. The molecule has 0 unspecified atom stereocenters. The van der Waals surface area contributed by atoms with Crippen LogP contribution in [0.5, 0.6) is 0 Å². The third-order valence-corrected chi connectivity index (χ3v) is 5.30. The predicted octanol–water partition coefficient (Wildman–Crippen LogP) is 2.99. The molecule has 0 saturated carbocycles. The number of hydrogen-bond donors (Lipinski definition) is 1. The Balaban J connectivity index is 2.03.